The lowest BCUT2D eigenvalue weighted by molar-refractivity contribution is -0.138. The van der Waals surface area contributed by atoms with Gasteiger partial charge in [-0.2, -0.15) is 18.4 Å². The van der Waals surface area contributed by atoms with E-state index in [0.29, 0.717) is 31.3 Å². The van der Waals surface area contributed by atoms with Gasteiger partial charge in [0.1, 0.15) is 29.1 Å². The maximum absolute atomic E-state index is 15.2. The van der Waals surface area contributed by atoms with Gasteiger partial charge in [-0.3, -0.25) is 34.2 Å². The number of amides is 5. The summed E-state index contributed by atoms with van der Waals surface area (Å²) in [5.41, 5.74) is -2.10. The molecule has 3 aromatic rings. The van der Waals surface area contributed by atoms with Crippen LogP contribution in [-0.4, -0.2) is 71.2 Å². The lowest BCUT2D eigenvalue weighted by atomic mass is 9.89. The van der Waals surface area contributed by atoms with Gasteiger partial charge in [0, 0.05) is 36.6 Å². The van der Waals surface area contributed by atoms with Crippen molar-refractivity contribution >= 4 is 29.5 Å². The number of rotatable bonds is 14. The third kappa shape index (κ3) is 8.31. The number of nitrogens with one attached hydrogen (secondary N) is 1. The second kappa shape index (κ2) is 16.0. The van der Waals surface area contributed by atoms with E-state index in [1.54, 1.807) is 32.0 Å². The Kier molecular flexibility index (Phi) is 11.4. The first kappa shape index (κ1) is 39.7. The first-order valence-electron chi connectivity index (χ1n) is 18.0. The molecule has 0 spiro atoms. The number of hydrogen-bond acceptors (Lipinski definition) is 9. The molecule has 3 aromatic carbocycles. The van der Waals surface area contributed by atoms with E-state index >= 15 is 4.39 Å². The van der Waals surface area contributed by atoms with E-state index in [1.807, 2.05) is 0 Å². The lowest BCUT2D eigenvalue weighted by Crippen LogP contribution is -2.54. The average molecular weight is 779 g/mol. The number of hydrogen-bond donors (Lipinski definition) is 1. The second-order valence-corrected chi connectivity index (χ2v) is 14.5. The molecule has 56 heavy (non-hydrogen) atoms. The predicted octanol–water partition coefficient (Wildman–Crippen LogP) is 5.95. The number of piperidine rings is 1. The zero-order valence-corrected chi connectivity index (χ0v) is 30.5. The molecule has 16 heteroatoms. The lowest BCUT2D eigenvalue weighted by Gasteiger charge is -2.27. The highest BCUT2D eigenvalue weighted by atomic mass is 19.4. The Balaban J connectivity index is 0.935. The van der Waals surface area contributed by atoms with Crippen LogP contribution in [0.4, 0.5) is 17.6 Å². The summed E-state index contributed by atoms with van der Waals surface area (Å²) < 4.78 is 72.9. The van der Waals surface area contributed by atoms with Crippen LogP contribution < -0.4 is 19.5 Å². The van der Waals surface area contributed by atoms with E-state index in [9.17, 15) is 37.1 Å². The van der Waals surface area contributed by atoms with Crippen molar-refractivity contribution in [1.82, 2.24) is 15.1 Å². The molecular weight excluding hydrogens is 740 g/mol. The number of fused-ring (bicyclic) bond motifs is 1. The number of likely N-dealkylation sites (tertiary alicyclic amines) is 1. The Morgan fingerprint density at radius 1 is 0.911 bits per heavy atom. The van der Waals surface area contributed by atoms with Gasteiger partial charge in [0.15, 0.2) is 6.10 Å². The largest absolute Gasteiger partial charge is 0.493 e. The molecule has 3 aliphatic heterocycles. The van der Waals surface area contributed by atoms with Gasteiger partial charge in [-0.15, -0.1) is 0 Å². The molecule has 2 saturated heterocycles. The molecule has 3 heterocycles. The molecule has 6 rings (SSSR count). The van der Waals surface area contributed by atoms with Crippen LogP contribution in [0.5, 0.6) is 17.2 Å². The second-order valence-electron chi connectivity index (χ2n) is 14.5. The minimum absolute atomic E-state index is 0.0226. The molecule has 0 saturated carbocycles. The van der Waals surface area contributed by atoms with E-state index in [4.69, 9.17) is 19.5 Å². The van der Waals surface area contributed by atoms with Gasteiger partial charge in [-0.1, -0.05) is 26.0 Å². The molecule has 0 radical (unpaired) electrons. The van der Waals surface area contributed by atoms with Gasteiger partial charge in [-0.05, 0) is 68.5 Å². The first-order chi connectivity index (χ1) is 26.6. The van der Waals surface area contributed by atoms with Gasteiger partial charge in [0.2, 0.25) is 11.8 Å². The number of nitriles is 1. The monoisotopic (exact) mass is 778 g/mol. The zero-order valence-electron chi connectivity index (χ0n) is 30.5. The number of imide groups is 2. The predicted molar refractivity (Wildman–Crippen MR) is 189 cm³/mol. The Morgan fingerprint density at radius 3 is 2.30 bits per heavy atom. The number of nitrogens with zero attached hydrogens (tertiary/aromatic N) is 3. The van der Waals surface area contributed by atoms with Crippen LogP contribution in [0.3, 0.4) is 0 Å². The SMILES string of the molecule is CC1(C)CN(Cc2ccc(OCCCCCCOc3cccc4c3C(=O)N(C3CCC(=O)NC3=O)C4=O)cc2F)C(=O)C1Oc1ccc(C#N)c(C(F)(F)F)c1. The highest BCUT2D eigenvalue weighted by molar-refractivity contribution is 6.24. The highest BCUT2D eigenvalue weighted by Crippen LogP contribution is 2.39. The molecule has 12 nitrogen and oxygen atoms in total. The van der Waals surface area contributed by atoms with Gasteiger partial charge in [0.25, 0.3) is 17.7 Å². The Bertz CT molecular complexity index is 2110. The van der Waals surface area contributed by atoms with Crippen LogP contribution in [0.1, 0.15) is 89.8 Å². The van der Waals surface area contributed by atoms with Crippen molar-refractivity contribution in [3.63, 3.8) is 0 Å². The highest BCUT2D eigenvalue weighted by Gasteiger charge is 2.49. The maximum Gasteiger partial charge on any atom is 0.417 e. The van der Waals surface area contributed by atoms with E-state index in [0.717, 1.165) is 23.8 Å². The van der Waals surface area contributed by atoms with E-state index in [2.05, 4.69) is 5.32 Å². The quantitative estimate of drug-likeness (QED) is 0.119. The fourth-order valence-corrected chi connectivity index (χ4v) is 7.05. The van der Waals surface area contributed by atoms with Gasteiger partial charge >= 0.3 is 6.18 Å². The fourth-order valence-electron chi connectivity index (χ4n) is 7.05. The Morgan fingerprint density at radius 2 is 1.62 bits per heavy atom. The molecule has 2 unspecified atom stereocenters. The summed E-state index contributed by atoms with van der Waals surface area (Å²) in [7, 11) is 0. The normalized spacial score (nSPS) is 19.2. The number of carbonyl (C=O) groups is 5. The standard InChI is InChI=1S/C40H38F4N4O8/c1-39(2)22-47(38(53)34(39)56-26-13-10-23(20-45)28(18-26)40(42,43)44)21-24-11-12-25(19-29(24)41)54-16-5-3-4-6-17-55-31-9-7-8-27-33(31)37(52)48(36(27)51)30-14-15-32(49)46-35(30)50/h7-13,18-19,30,34H,3-6,14-17,21-22H2,1-2H3,(H,46,49,50). The summed E-state index contributed by atoms with van der Waals surface area (Å²) in [5, 5.41) is 11.2. The van der Waals surface area contributed by atoms with E-state index in [-0.39, 0.29) is 60.7 Å². The number of ether oxygens (including phenoxy) is 3. The summed E-state index contributed by atoms with van der Waals surface area (Å²) in [4.78, 5) is 65.7. The zero-order chi connectivity index (χ0) is 40.4. The topological polar surface area (TPSA) is 155 Å². The van der Waals surface area contributed by atoms with Crippen LogP contribution in [-0.2, 0) is 27.1 Å². The third-order valence-electron chi connectivity index (χ3n) is 9.90. The third-order valence-corrected chi connectivity index (χ3v) is 9.90. The minimum Gasteiger partial charge on any atom is -0.493 e. The van der Waals surface area contributed by atoms with E-state index < -0.39 is 70.2 Å². The molecular formula is C40H38F4N4O8. The van der Waals surface area contributed by atoms with Crippen LogP contribution in [0.15, 0.2) is 54.6 Å². The number of unbranched alkanes of at least 4 members (excludes halogenated alkanes) is 3. The molecule has 5 amide bonds. The fraction of sp³-hybridized carbons (Fsp3) is 0.400. The van der Waals surface area contributed by atoms with Crippen molar-refractivity contribution < 1.29 is 55.7 Å². The summed E-state index contributed by atoms with van der Waals surface area (Å²) in [6, 6.07) is 12.3. The first-order valence-corrected chi connectivity index (χ1v) is 18.0. The van der Waals surface area contributed by atoms with Gasteiger partial charge in [-0.25, -0.2) is 4.39 Å². The maximum atomic E-state index is 15.2. The molecule has 0 bridgehead atoms. The van der Waals surface area contributed by atoms with Crippen molar-refractivity contribution in [3.05, 3.63) is 88.2 Å². The van der Waals surface area contributed by atoms with Crippen LogP contribution in [0.2, 0.25) is 0 Å². The van der Waals surface area contributed by atoms with Gasteiger partial charge in [0.05, 0.1) is 41.5 Å². The van der Waals surface area contributed by atoms with Crippen molar-refractivity contribution in [2.24, 2.45) is 5.41 Å². The number of halogens is 4. The van der Waals surface area contributed by atoms with Crippen molar-refractivity contribution in [1.29, 1.82) is 5.26 Å². The number of alkyl halides is 3. The van der Waals surface area contributed by atoms with Crippen LogP contribution in [0.25, 0.3) is 0 Å². The van der Waals surface area contributed by atoms with Gasteiger partial charge < -0.3 is 19.1 Å². The molecule has 3 aliphatic rings. The summed E-state index contributed by atoms with van der Waals surface area (Å²) in [5.74, 6) is -3.17. The number of carbonyl (C=O) groups excluding carboxylic acids is 5. The van der Waals surface area contributed by atoms with Crippen molar-refractivity contribution in [2.45, 2.75) is 77.2 Å². The summed E-state index contributed by atoms with van der Waals surface area (Å²) in [6.45, 7) is 4.10. The molecule has 294 valence electrons. The minimum atomic E-state index is -4.79. The van der Waals surface area contributed by atoms with E-state index in [1.165, 1.54) is 35.2 Å². The number of benzene rings is 3. The Labute approximate surface area is 319 Å². The Hall–Kier alpha value is -5.98. The van der Waals surface area contributed by atoms with Crippen LogP contribution in [0, 0.1) is 22.6 Å². The molecule has 0 aliphatic carbocycles. The molecule has 0 aromatic heterocycles. The smallest absolute Gasteiger partial charge is 0.417 e. The summed E-state index contributed by atoms with van der Waals surface area (Å²) in [6.07, 6.45) is -3.06. The molecule has 2 atom stereocenters. The van der Waals surface area contributed by atoms with Crippen LogP contribution >= 0.6 is 0 Å². The average Bonchev–Trinajstić information content (AvgIpc) is 3.52. The molecule has 2 fully saturated rings. The van der Waals surface area contributed by atoms with Crippen molar-refractivity contribution in [2.75, 3.05) is 19.8 Å². The van der Waals surface area contributed by atoms with Crippen molar-refractivity contribution in [3.8, 4) is 23.3 Å². The molecule has 1 N–H and O–H groups in total. The summed E-state index contributed by atoms with van der Waals surface area (Å²) >= 11 is 0.